The van der Waals surface area contributed by atoms with Crippen LogP contribution in [0.1, 0.15) is 18.9 Å². The summed E-state index contributed by atoms with van der Waals surface area (Å²) in [7, 11) is 0. The van der Waals surface area contributed by atoms with Crippen molar-refractivity contribution < 1.29 is 0 Å². The van der Waals surface area contributed by atoms with Crippen molar-refractivity contribution in [1.29, 1.82) is 0 Å². The molecule has 1 aromatic carbocycles. The van der Waals surface area contributed by atoms with Gasteiger partial charge in [-0.25, -0.2) is 4.98 Å². The van der Waals surface area contributed by atoms with E-state index >= 15 is 0 Å². The molecule has 0 spiro atoms. The Morgan fingerprint density at radius 2 is 2.13 bits per heavy atom. The Hall–Kier alpha value is -0.930. The van der Waals surface area contributed by atoms with Crippen molar-refractivity contribution in [2.24, 2.45) is 5.92 Å². The molecule has 0 amide bonds. The van der Waals surface area contributed by atoms with Crippen molar-refractivity contribution in [3.8, 4) is 0 Å². The van der Waals surface area contributed by atoms with E-state index in [-0.39, 0.29) is 0 Å². The third-order valence-electron chi connectivity index (χ3n) is 2.17. The molecule has 2 aromatic rings. The fraction of sp³-hybridized carbons (Fsp3) is 0.417. The summed E-state index contributed by atoms with van der Waals surface area (Å²) in [6, 6.07) is 8.29. The number of aromatic nitrogens is 1. The Balaban J connectivity index is 2.03. The maximum absolute atomic E-state index is 4.57. The van der Waals surface area contributed by atoms with E-state index in [1.165, 1.54) is 9.71 Å². The second-order valence-corrected chi connectivity index (χ2v) is 5.22. The maximum Gasteiger partial charge on any atom is 0.108 e. The number of rotatable bonds is 4. The molecule has 0 radical (unpaired) electrons. The van der Waals surface area contributed by atoms with Crippen LogP contribution in [0.5, 0.6) is 0 Å². The molecule has 0 fully saturated rings. The van der Waals surface area contributed by atoms with Gasteiger partial charge in [0.05, 0.1) is 10.2 Å². The molecule has 1 aromatic heterocycles. The van der Waals surface area contributed by atoms with Gasteiger partial charge in [-0.3, -0.25) is 0 Å². The SMILES string of the molecule is CC(C)CNCc1nc2ccccc2s1. The molecule has 2 nitrogen and oxygen atoms in total. The number of nitrogens with one attached hydrogen (secondary N) is 1. The number of hydrogen-bond acceptors (Lipinski definition) is 3. The van der Waals surface area contributed by atoms with Crippen molar-refractivity contribution in [3.05, 3.63) is 29.3 Å². The van der Waals surface area contributed by atoms with Crippen LogP contribution in [0, 0.1) is 5.92 Å². The molecule has 0 saturated heterocycles. The van der Waals surface area contributed by atoms with E-state index in [0.29, 0.717) is 5.92 Å². The van der Waals surface area contributed by atoms with Gasteiger partial charge in [-0.1, -0.05) is 26.0 Å². The van der Waals surface area contributed by atoms with Gasteiger partial charge in [0.1, 0.15) is 5.01 Å². The highest BCUT2D eigenvalue weighted by Crippen LogP contribution is 2.21. The van der Waals surface area contributed by atoms with Crippen LogP contribution in [-0.4, -0.2) is 11.5 Å². The highest BCUT2D eigenvalue weighted by Gasteiger charge is 2.02. The first-order chi connectivity index (χ1) is 7.25. The number of benzene rings is 1. The van der Waals surface area contributed by atoms with Crippen LogP contribution in [0.3, 0.4) is 0 Å². The van der Waals surface area contributed by atoms with Gasteiger partial charge in [0.25, 0.3) is 0 Å². The summed E-state index contributed by atoms with van der Waals surface area (Å²) in [4.78, 5) is 4.57. The summed E-state index contributed by atoms with van der Waals surface area (Å²) in [5.74, 6) is 0.694. The molecule has 3 heteroatoms. The highest BCUT2D eigenvalue weighted by atomic mass is 32.1. The van der Waals surface area contributed by atoms with E-state index in [1.54, 1.807) is 11.3 Å². The smallest absolute Gasteiger partial charge is 0.108 e. The first-order valence-corrected chi connectivity index (χ1v) is 6.12. The van der Waals surface area contributed by atoms with Crippen LogP contribution >= 0.6 is 11.3 Å². The van der Waals surface area contributed by atoms with Crippen molar-refractivity contribution in [2.45, 2.75) is 20.4 Å². The third kappa shape index (κ3) is 2.76. The van der Waals surface area contributed by atoms with Gasteiger partial charge < -0.3 is 5.32 Å². The Morgan fingerprint density at radius 3 is 2.87 bits per heavy atom. The molecule has 0 aliphatic rings. The zero-order chi connectivity index (χ0) is 10.7. The lowest BCUT2D eigenvalue weighted by molar-refractivity contribution is 0.552. The third-order valence-corrected chi connectivity index (χ3v) is 3.20. The molecule has 15 heavy (non-hydrogen) atoms. The lowest BCUT2D eigenvalue weighted by Gasteiger charge is -2.04. The molecule has 80 valence electrons. The Morgan fingerprint density at radius 1 is 1.33 bits per heavy atom. The predicted octanol–water partition coefficient (Wildman–Crippen LogP) is 3.04. The van der Waals surface area contributed by atoms with Crippen LogP contribution in [0.4, 0.5) is 0 Å². The minimum atomic E-state index is 0.694. The molecule has 0 aliphatic heterocycles. The molecule has 0 saturated carbocycles. The summed E-state index contributed by atoms with van der Waals surface area (Å²) in [6.45, 7) is 6.37. The Labute approximate surface area is 94.3 Å². The molecule has 2 rings (SSSR count). The molecule has 0 unspecified atom stereocenters. The van der Waals surface area contributed by atoms with E-state index in [1.807, 2.05) is 6.07 Å². The molecular formula is C12H16N2S. The summed E-state index contributed by atoms with van der Waals surface area (Å²) >= 11 is 1.78. The van der Waals surface area contributed by atoms with E-state index < -0.39 is 0 Å². The van der Waals surface area contributed by atoms with Gasteiger partial charge in [-0.05, 0) is 24.6 Å². The fourth-order valence-corrected chi connectivity index (χ4v) is 2.40. The number of hydrogen-bond donors (Lipinski definition) is 1. The topological polar surface area (TPSA) is 24.9 Å². The van der Waals surface area contributed by atoms with Crippen molar-refractivity contribution in [1.82, 2.24) is 10.3 Å². The zero-order valence-electron chi connectivity index (χ0n) is 9.16. The van der Waals surface area contributed by atoms with Crippen LogP contribution < -0.4 is 5.32 Å². The zero-order valence-corrected chi connectivity index (χ0v) is 9.97. The number of para-hydroxylation sites is 1. The average molecular weight is 220 g/mol. The fourth-order valence-electron chi connectivity index (χ4n) is 1.46. The van der Waals surface area contributed by atoms with Gasteiger partial charge in [0, 0.05) is 6.54 Å². The van der Waals surface area contributed by atoms with Crippen LogP contribution in [0.15, 0.2) is 24.3 Å². The second-order valence-electron chi connectivity index (χ2n) is 4.10. The standard InChI is InChI=1S/C12H16N2S/c1-9(2)7-13-8-12-14-10-5-3-4-6-11(10)15-12/h3-6,9,13H,7-8H2,1-2H3. The van der Waals surface area contributed by atoms with E-state index in [9.17, 15) is 0 Å². The first-order valence-electron chi connectivity index (χ1n) is 5.31. The van der Waals surface area contributed by atoms with Crippen molar-refractivity contribution >= 4 is 21.6 Å². The Bertz CT molecular complexity index is 401. The second kappa shape index (κ2) is 4.73. The summed E-state index contributed by atoms with van der Waals surface area (Å²) in [6.07, 6.45) is 0. The Kier molecular flexibility index (Phi) is 3.34. The number of fused-ring (bicyclic) bond motifs is 1. The minimum Gasteiger partial charge on any atom is -0.310 e. The van der Waals surface area contributed by atoms with E-state index in [4.69, 9.17) is 0 Å². The van der Waals surface area contributed by atoms with Crippen LogP contribution in [0.25, 0.3) is 10.2 Å². The largest absolute Gasteiger partial charge is 0.310 e. The van der Waals surface area contributed by atoms with Gasteiger partial charge >= 0.3 is 0 Å². The van der Waals surface area contributed by atoms with Gasteiger partial charge in [-0.15, -0.1) is 11.3 Å². The molecule has 0 aliphatic carbocycles. The highest BCUT2D eigenvalue weighted by molar-refractivity contribution is 7.18. The van der Waals surface area contributed by atoms with Gasteiger partial charge in [0.2, 0.25) is 0 Å². The molecule has 1 heterocycles. The van der Waals surface area contributed by atoms with Gasteiger partial charge in [-0.2, -0.15) is 0 Å². The van der Waals surface area contributed by atoms with Crippen LogP contribution in [0.2, 0.25) is 0 Å². The van der Waals surface area contributed by atoms with Crippen molar-refractivity contribution in [3.63, 3.8) is 0 Å². The van der Waals surface area contributed by atoms with Gasteiger partial charge in [0.15, 0.2) is 0 Å². The predicted molar refractivity (Wildman–Crippen MR) is 66.2 cm³/mol. The summed E-state index contributed by atoms with van der Waals surface area (Å²) in [5, 5.41) is 4.59. The average Bonchev–Trinajstić information content (AvgIpc) is 2.59. The van der Waals surface area contributed by atoms with Crippen LogP contribution in [-0.2, 0) is 6.54 Å². The maximum atomic E-state index is 4.57. The number of nitrogens with zero attached hydrogens (tertiary/aromatic N) is 1. The monoisotopic (exact) mass is 220 g/mol. The molecule has 0 bridgehead atoms. The molecular weight excluding hydrogens is 204 g/mol. The molecule has 1 N–H and O–H groups in total. The van der Waals surface area contributed by atoms with E-state index in [2.05, 4.69) is 42.3 Å². The van der Waals surface area contributed by atoms with Crippen molar-refractivity contribution in [2.75, 3.05) is 6.54 Å². The number of thiazole rings is 1. The first kappa shape index (κ1) is 10.6. The minimum absolute atomic E-state index is 0.694. The quantitative estimate of drug-likeness (QED) is 0.856. The molecule has 0 atom stereocenters. The summed E-state index contributed by atoms with van der Waals surface area (Å²) < 4.78 is 1.28. The lowest BCUT2D eigenvalue weighted by Crippen LogP contribution is -2.18. The van der Waals surface area contributed by atoms with E-state index in [0.717, 1.165) is 18.6 Å². The lowest BCUT2D eigenvalue weighted by atomic mass is 10.2. The normalized spacial score (nSPS) is 11.4. The summed E-state index contributed by atoms with van der Waals surface area (Å²) in [5.41, 5.74) is 1.11.